The molecule has 0 saturated heterocycles. The van der Waals surface area contributed by atoms with Crippen LogP contribution in [0.3, 0.4) is 0 Å². The van der Waals surface area contributed by atoms with Crippen molar-refractivity contribution >= 4 is 17.4 Å². The van der Waals surface area contributed by atoms with Gasteiger partial charge in [-0.2, -0.15) is 0 Å². The number of benzene rings is 2. The lowest BCUT2D eigenvalue weighted by Gasteiger charge is -2.08. The van der Waals surface area contributed by atoms with Gasteiger partial charge in [-0.15, -0.1) is 0 Å². The molecule has 0 unspecified atom stereocenters. The minimum Gasteiger partial charge on any atom is -0.365 e. The quantitative estimate of drug-likeness (QED) is 0.704. The number of hydrogen-bond donors (Lipinski definition) is 2. The number of amides is 1. The Balaban J connectivity index is 1.59. The first-order chi connectivity index (χ1) is 12.7. The summed E-state index contributed by atoms with van der Waals surface area (Å²) < 4.78 is 13.6. The molecule has 0 bridgehead atoms. The monoisotopic (exact) mass is 350 g/mol. The Morgan fingerprint density at radius 1 is 1.04 bits per heavy atom. The molecule has 3 rings (SSSR count). The van der Waals surface area contributed by atoms with Crippen LogP contribution in [-0.4, -0.2) is 15.9 Å². The summed E-state index contributed by atoms with van der Waals surface area (Å²) in [4.78, 5) is 20.5. The lowest BCUT2D eigenvalue weighted by molar-refractivity contribution is 0.102. The van der Waals surface area contributed by atoms with Crippen LogP contribution in [0.25, 0.3) is 0 Å². The van der Waals surface area contributed by atoms with Gasteiger partial charge in [-0.1, -0.05) is 37.3 Å². The van der Waals surface area contributed by atoms with E-state index in [4.69, 9.17) is 0 Å². The predicted molar refractivity (Wildman–Crippen MR) is 99.5 cm³/mol. The number of halogens is 1. The second-order valence-corrected chi connectivity index (χ2v) is 5.74. The zero-order valence-corrected chi connectivity index (χ0v) is 14.4. The Hall–Kier alpha value is -3.28. The van der Waals surface area contributed by atoms with Crippen molar-refractivity contribution in [3.8, 4) is 0 Å². The third-order valence-corrected chi connectivity index (χ3v) is 3.92. The molecular formula is C20H19FN4O. The molecule has 0 fully saturated rings. The largest absolute Gasteiger partial charge is 0.365 e. The van der Waals surface area contributed by atoms with Crippen LogP contribution in [0.15, 0.2) is 60.9 Å². The summed E-state index contributed by atoms with van der Waals surface area (Å²) >= 11 is 0. The molecule has 1 heterocycles. The SMILES string of the molecule is CCc1ccc(NC(=O)c2cnc(NCc3ccccc3F)cn2)cc1. The van der Waals surface area contributed by atoms with Gasteiger partial charge in [0, 0.05) is 17.8 Å². The van der Waals surface area contributed by atoms with Crippen LogP contribution in [0.5, 0.6) is 0 Å². The second kappa shape index (κ2) is 8.20. The van der Waals surface area contributed by atoms with E-state index in [0.29, 0.717) is 17.1 Å². The highest BCUT2D eigenvalue weighted by Gasteiger charge is 2.09. The number of aromatic nitrogens is 2. The fraction of sp³-hybridized carbons (Fsp3) is 0.150. The Bertz CT molecular complexity index is 879. The van der Waals surface area contributed by atoms with E-state index >= 15 is 0 Å². The Labute approximate surface area is 151 Å². The van der Waals surface area contributed by atoms with Crippen molar-refractivity contribution in [1.29, 1.82) is 0 Å². The van der Waals surface area contributed by atoms with Crippen molar-refractivity contribution in [2.24, 2.45) is 0 Å². The molecule has 0 aliphatic carbocycles. The molecule has 3 aromatic rings. The van der Waals surface area contributed by atoms with Gasteiger partial charge in [0.2, 0.25) is 0 Å². The highest BCUT2D eigenvalue weighted by atomic mass is 19.1. The average molecular weight is 350 g/mol. The maximum Gasteiger partial charge on any atom is 0.275 e. The summed E-state index contributed by atoms with van der Waals surface area (Å²) in [6.07, 6.45) is 3.79. The molecule has 6 heteroatoms. The maximum absolute atomic E-state index is 13.6. The van der Waals surface area contributed by atoms with Gasteiger partial charge in [-0.3, -0.25) is 4.79 Å². The zero-order valence-electron chi connectivity index (χ0n) is 14.4. The number of hydrogen-bond acceptors (Lipinski definition) is 4. The number of carbonyl (C=O) groups is 1. The third kappa shape index (κ3) is 4.42. The van der Waals surface area contributed by atoms with E-state index in [1.54, 1.807) is 18.2 Å². The topological polar surface area (TPSA) is 66.9 Å². The Morgan fingerprint density at radius 3 is 2.46 bits per heavy atom. The first-order valence-corrected chi connectivity index (χ1v) is 8.35. The Morgan fingerprint density at radius 2 is 1.81 bits per heavy atom. The molecule has 2 aromatic carbocycles. The lowest BCUT2D eigenvalue weighted by atomic mass is 10.1. The summed E-state index contributed by atoms with van der Waals surface area (Å²) in [7, 11) is 0. The van der Waals surface area contributed by atoms with Crippen LogP contribution < -0.4 is 10.6 Å². The first-order valence-electron chi connectivity index (χ1n) is 8.35. The van der Waals surface area contributed by atoms with Crippen LogP contribution in [0.1, 0.15) is 28.5 Å². The predicted octanol–water partition coefficient (Wildman–Crippen LogP) is 4.04. The van der Waals surface area contributed by atoms with Crippen LogP contribution in [0.2, 0.25) is 0 Å². The molecule has 132 valence electrons. The molecule has 0 radical (unpaired) electrons. The normalized spacial score (nSPS) is 10.4. The van der Waals surface area contributed by atoms with E-state index in [2.05, 4.69) is 27.5 Å². The average Bonchev–Trinajstić information content (AvgIpc) is 2.68. The number of aryl methyl sites for hydroxylation is 1. The van der Waals surface area contributed by atoms with Gasteiger partial charge in [0.05, 0.1) is 12.4 Å². The van der Waals surface area contributed by atoms with Gasteiger partial charge in [0.15, 0.2) is 0 Å². The van der Waals surface area contributed by atoms with Crippen LogP contribution in [0.4, 0.5) is 15.9 Å². The molecule has 0 saturated carbocycles. The van der Waals surface area contributed by atoms with Crippen molar-refractivity contribution in [2.75, 3.05) is 10.6 Å². The highest BCUT2D eigenvalue weighted by molar-refractivity contribution is 6.02. The van der Waals surface area contributed by atoms with E-state index in [0.717, 1.165) is 6.42 Å². The van der Waals surface area contributed by atoms with Gasteiger partial charge < -0.3 is 10.6 Å². The third-order valence-electron chi connectivity index (χ3n) is 3.92. The van der Waals surface area contributed by atoms with Crippen LogP contribution >= 0.6 is 0 Å². The molecule has 0 atom stereocenters. The fourth-order valence-corrected chi connectivity index (χ4v) is 2.38. The summed E-state index contributed by atoms with van der Waals surface area (Å²) in [6, 6.07) is 14.2. The highest BCUT2D eigenvalue weighted by Crippen LogP contribution is 2.12. The van der Waals surface area contributed by atoms with Crippen molar-refractivity contribution in [3.63, 3.8) is 0 Å². The van der Waals surface area contributed by atoms with E-state index in [-0.39, 0.29) is 24.0 Å². The lowest BCUT2D eigenvalue weighted by Crippen LogP contribution is -2.14. The van der Waals surface area contributed by atoms with Gasteiger partial charge in [-0.25, -0.2) is 14.4 Å². The van der Waals surface area contributed by atoms with Crippen molar-refractivity contribution in [1.82, 2.24) is 9.97 Å². The molecule has 0 spiro atoms. The van der Waals surface area contributed by atoms with Gasteiger partial charge in [0.25, 0.3) is 5.91 Å². The molecule has 5 nitrogen and oxygen atoms in total. The molecule has 0 aliphatic rings. The molecule has 1 aromatic heterocycles. The smallest absolute Gasteiger partial charge is 0.275 e. The fourth-order valence-electron chi connectivity index (χ4n) is 2.38. The molecule has 2 N–H and O–H groups in total. The number of nitrogens with one attached hydrogen (secondary N) is 2. The van der Waals surface area contributed by atoms with Crippen LogP contribution in [0, 0.1) is 5.82 Å². The minimum absolute atomic E-state index is 0.209. The van der Waals surface area contributed by atoms with Crippen molar-refractivity contribution < 1.29 is 9.18 Å². The minimum atomic E-state index is -0.331. The summed E-state index contributed by atoms with van der Waals surface area (Å²) in [5.74, 6) is -0.141. The standard InChI is InChI=1S/C20H19FN4O/c1-2-14-7-9-16(10-8-14)25-20(26)18-12-24-19(13-22-18)23-11-15-5-3-4-6-17(15)21/h3-10,12-13H,2,11H2,1H3,(H,23,24)(H,25,26). The van der Waals surface area contributed by atoms with Crippen LogP contribution in [-0.2, 0) is 13.0 Å². The second-order valence-electron chi connectivity index (χ2n) is 5.74. The Kier molecular flexibility index (Phi) is 5.53. The first kappa shape index (κ1) is 17.5. The number of carbonyl (C=O) groups excluding carboxylic acids is 1. The van der Waals surface area contributed by atoms with Crippen molar-refractivity contribution in [2.45, 2.75) is 19.9 Å². The van der Waals surface area contributed by atoms with Gasteiger partial charge in [0.1, 0.15) is 17.3 Å². The van der Waals surface area contributed by atoms with E-state index < -0.39 is 0 Å². The summed E-state index contributed by atoms with van der Waals surface area (Å²) in [5, 5.41) is 5.77. The number of rotatable bonds is 6. The van der Waals surface area contributed by atoms with E-state index in [1.165, 1.54) is 24.0 Å². The van der Waals surface area contributed by atoms with Gasteiger partial charge in [-0.05, 0) is 30.2 Å². The van der Waals surface area contributed by atoms with Crippen molar-refractivity contribution in [3.05, 3.63) is 83.6 Å². The molecular weight excluding hydrogens is 331 g/mol. The van der Waals surface area contributed by atoms with Gasteiger partial charge >= 0.3 is 0 Å². The zero-order chi connectivity index (χ0) is 18.4. The summed E-state index contributed by atoms with van der Waals surface area (Å²) in [5.41, 5.74) is 2.65. The summed E-state index contributed by atoms with van der Waals surface area (Å²) in [6.45, 7) is 2.36. The molecule has 0 aliphatic heterocycles. The van der Waals surface area contributed by atoms with E-state index in [9.17, 15) is 9.18 Å². The number of anilines is 2. The molecule has 1 amide bonds. The van der Waals surface area contributed by atoms with E-state index in [1.807, 2.05) is 24.3 Å². The maximum atomic E-state index is 13.6. The molecule has 26 heavy (non-hydrogen) atoms. The number of nitrogens with zero attached hydrogens (tertiary/aromatic N) is 2.